The second kappa shape index (κ2) is 7.78. The Morgan fingerprint density at radius 1 is 1.30 bits per heavy atom. The second-order valence-corrected chi connectivity index (χ2v) is 5.71. The Labute approximate surface area is 155 Å². The lowest BCUT2D eigenvalue weighted by molar-refractivity contribution is 0.0600. The number of hydrogen-bond acceptors (Lipinski definition) is 5. The number of benzene rings is 2. The van der Waals surface area contributed by atoms with Gasteiger partial charge in [-0.05, 0) is 29.8 Å². The molecule has 0 aliphatic heterocycles. The quantitative estimate of drug-likeness (QED) is 0.482. The van der Waals surface area contributed by atoms with Crippen molar-refractivity contribution in [1.29, 1.82) is 0 Å². The number of hydrogen-bond donors (Lipinski definition) is 2. The van der Waals surface area contributed by atoms with E-state index in [9.17, 15) is 14.3 Å². The molecular weight excluding hydrogens is 349 g/mol. The molecule has 5 nitrogen and oxygen atoms in total. The number of aromatic hydroxyl groups is 1. The predicted octanol–water partition coefficient (Wildman–Crippen LogP) is 4.84. The van der Waals surface area contributed by atoms with Gasteiger partial charge in [0.2, 0.25) is 5.88 Å². The molecule has 3 aromatic rings. The van der Waals surface area contributed by atoms with Gasteiger partial charge in [0.05, 0.1) is 23.8 Å². The van der Waals surface area contributed by atoms with Crippen molar-refractivity contribution >= 4 is 11.9 Å². The minimum atomic E-state index is -0.522. The zero-order valence-electron chi connectivity index (χ0n) is 14.7. The van der Waals surface area contributed by atoms with Gasteiger partial charge in [-0.15, -0.1) is 6.58 Å². The van der Waals surface area contributed by atoms with Crippen LogP contribution in [0.3, 0.4) is 0 Å². The first-order chi connectivity index (χ1) is 13.1. The molecule has 2 N–H and O–H groups in total. The Hall–Kier alpha value is -3.54. The Morgan fingerprint density at radius 3 is 2.78 bits per heavy atom. The molecule has 0 aliphatic rings. The maximum atomic E-state index is 14.2. The van der Waals surface area contributed by atoms with E-state index in [2.05, 4.69) is 11.9 Å². The number of carbonyl (C=O) groups excluding carboxylic acids is 1. The highest BCUT2D eigenvalue weighted by molar-refractivity contribution is 5.93. The molecule has 0 spiro atoms. The number of carbonyl (C=O) groups is 1. The van der Waals surface area contributed by atoms with Gasteiger partial charge in [-0.3, -0.25) is 0 Å². The van der Waals surface area contributed by atoms with Crippen LogP contribution in [0, 0.1) is 5.82 Å². The number of esters is 1. The van der Waals surface area contributed by atoms with E-state index in [4.69, 9.17) is 9.15 Å². The molecule has 0 unspecified atom stereocenters. The van der Waals surface area contributed by atoms with Crippen molar-refractivity contribution in [2.24, 2.45) is 0 Å². The maximum Gasteiger partial charge on any atom is 0.337 e. The van der Waals surface area contributed by atoms with E-state index in [1.54, 1.807) is 42.5 Å². The van der Waals surface area contributed by atoms with E-state index in [1.807, 2.05) is 0 Å². The molecule has 0 saturated heterocycles. The summed E-state index contributed by atoms with van der Waals surface area (Å²) >= 11 is 0. The number of methoxy groups -OCH3 is 1. The minimum absolute atomic E-state index is 0.00173. The number of furan rings is 1. The number of ether oxygens (including phenoxy) is 1. The Kier molecular flexibility index (Phi) is 5.26. The van der Waals surface area contributed by atoms with Crippen molar-refractivity contribution in [1.82, 2.24) is 0 Å². The first kappa shape index (κ1) is 18.3. The van der Waals surface area contributed by atoms with Crippen LogP contribution in [0.2, 0.25) is 0 Å². The van der Waals surface area contributed by atoms with Crippen LogP contribution in [0.5, 0.6) is 5.75 Å². The summed E-state index contributed by atoms with van der Waals surface area (Å²) in [5.41, 5.74) is 1.29. The summed E-state index contributed by atoms with van der Waals surface area (Å²) < 4.78 is 24.7. The number of halogens is 1. The fourth-order valence-electron chi connectivity index (χ4n) is 2.73. The Bertz CT molecular complexity index is 994. The van der Waals surface area contributed by atoms with Crippen molar-refractivity contribution in [2.45, 2.75) is 0 Å². The average Bonchev–Trinajstić information content (AvgIpc) is 3.02. The van der Waals surface area contributed by atoms with Crippen LogP contribution in [0.15, 0.2) is 65.6 Å². The molecule has 0 atom stereocenters. The molecule has 1 heterocycles. The SMILES string of the molecule is C=CCNc1oc(-c2ccccc2F)c(O)c1-c1cccc(C(=O)OC)c1. The third-order valence-corrected chi connectivity index (χ3v) is 3.98. The van der Waals surface area contributed by atoms with E-state index in [0.29, 0.717) is 23.2 Å². The van der Waals surface area contributed by atoms with Gasteiger partial charge in [-0.2, -0.15) is 0 Å². The van der Waals surface area contributed by atoms with Gasteiger partial charge in [0, 0.05) is 6.54 Å². The lowest BCUT2D eigenvalue weighted by Gasteiger charge is -2.06. The first-order valence-electron chi connectivity index (χ1n) is 8.21. The zero-order chi connectivity index (χ0) is 19.4. The van der Waals surface area contributed by atoms with Gasteiger partial charge in [-0.1, -0.05) is 30.3 Å². The summed E-state index contributed by atoms with van der Waals surface area (Å²) in [5.74, 6) is -1.01. The fraction of sp³-hybridized carbons (Fsp3) is 0.0952. The molecular formula is C21H18FNO4. The summed E-state index contributed by atoms with van der Waals surface area (Å²) in [7, 11) is 1.29. The summed E-state index contributed by atoms with van der Waals surface area (Å²) in [6, 6.07) is 12.5. The summed E-state index contributed by atoms with van der Waals surface area (Å²) in [6.45, 7) is 4.01. The number of anilines is 1. The van der Waals surface area contributed by atoms with E-state index < -0.39 is 11.8 Å². The minimum Gasteiger partial charge on any atom is -0.504 e. The molecule has 0 saturated carbocycles. The Morgan fingerprint density at radius 2 is 2.07 bits per heavy atom. The van der Waals surface area contributed by atoms with Crippen LogP contribution < -0.4 is 5.32 Å². The molecule has 27 heavy (non-hydrogen) atoms. The van der Waals surface area contributed by atoms with Crippen molar-refractivity contribution < 1.29 is 23.4 Å². The zero-order valence-corrected chi connectivity index (χ0v) is 14.7. The third-order valence-electron chi connectivity index (χ3n) is 3.98. The van der Waals surface area contributed by atoms with Crippen LogP contribution >= 0.6 is 0 Å². The van der Waals surface area contributed by atoms with Crippen molar-refractivity contribution in [3.63, 3.8) is 0 Å². The molecule has 138 valence electrons. The van der Waals surface area contributed by atoms with Gasteiger partial charge in [0.1, 0.15) is 5.82 Å². The molecule has 3 rings (SSSR count). The Balaban J connectivity index is 2.18. The second-order valence-electron chi connectivity index (χ2n) is 5.71. The van der Waals surface area contributed by atoms with E-state index >= 15 is 0 Å². The van der Waals surface area contributed by atoms with Crippen LogP contribution in [-0.2, 0) is 4.74 Å². The summed E-state index contributed by atoms with van der Waals surface area (Å²) in [4.78, 5) is 11.8. The highest BCUT2D eigenvalue weighted by atomic mass is 19.1. The van der Waals surface area contributed by atoms with Crippen molar-refractivity contribution in [2.75, 3.05) is 19.0 Å². The van der Waals surface area contributed by atoms with Gasteiger partial charge in [0.25, 0.3) is 0 Å². The van der Waals surface area contributed by atoms with Crippen molar-refractivity contribution in [3.8, 4) is 28.2 Å². The monoisotopic (exact) mass is 367 g/mol. The van der Waals surface area contributed by atoms with Crippen LogP contribution in [-0.4, -0.2) is 24.7 Å². The third kappa shape index (κ3) is 3.55. The van der Waals surface area contributed by atoms with Gasteiger partial charge >= 0.3 is 5.97 Å². The maximum absolute atomic E-state index is 14.2. The summed E-state index contributed by atoms with van der Waals surface area (Å²) in [5, 5.41) is 13.8. The molecule has 2 aromatic carbocycles. The lowest BCUT2D eigenvalue weighted by Crippen LogP contribution is -2.01. The van der Waals surface area contributed by atoms with Crippen LogP contribution in [0.1, 0.15) is 10.4 Å². The number of rotatable bonds is 6. The van der Waals surface area contributed by atoms with Gasteiger partial charge in [-0.25, -0.2) is 9.18 Å². The smallest absolute Gasteiger partial charge is 0.337 e. The van der Waals surface area contributed by atoms with Gasteiger partial charge in [0.15, 0.2) is 11.5 Å². The molecule has 1 aromatic heterocycles. The number of nitrogens with one attached hydrogen (secondary N) is 1. The van der Waals surface area contributed by atoms with Crippen molar-refractivity contribution in [3.05, 3.63) is 72.6 Å². The average molecular weight is 367 g/mol. The van der Waals surface area contributed by atoms with E-state index in [1.165, 1.54) is 19.2 Å². The first-order valence-corrected chi connectivity index (χ1v) is 8.21. The largest absolute Gasteiger partial charge is 0.504 e. The predicted molar refractivity (Wildman–Crippen MR) is 101 cm³/mol. The molecule has 0 radical (unpaired) electrons. The normalized spacial score (nSPS) is 10.4. The lowest BCUT2D eigenvalue weighted by atomic mass is 10.0. The summed E-state index contributed by atoms with van der Waals surface area (Å²) in [6.07, 6.45) is 1.62. The standard InChI is InChI=1S/C21H18FNO4/c1-3-11-23-20-17(13-7-6-8-14(12-13)21(25)26-2)18(24)19(27-20)15-9-4-5-10-16(15)22/h3-10,12,23-24H,1,11H2,2H3. The molecule has 6 heteroatoms. The molecule has 0 amide bonds. The van der Waals surface area contributed by atoms with Crippen LogP contribution in [0.25, 0.3) is 22.5 Å². The van der Waals surface area contributed by atoms with Gasteiger partial charge < -0.3 is 19.6 Å². The highest BCUT2D eigenvalue weighted by Crippen LogP contribution is 2.46. The topological polar surface area (TPSA) is 71.7 Å². The van der Waals surface area contributed by atoms with Crippen LogP contribution in [0.4, 0.5) is 10.3 Å². The van der Waals surface area contributed by atoms with E-state index in [-0.39, 0.29) is 23.0 Å². The molecule has 0 aliphatic carbocycles. The fourth-order valence-corrected chi connectivity index (χ4v) is 2.73. The highest BCUT2D eigenvalue weighted by Gasteiger charge is 2.24. The van der Waals surface area contributed by atoms with E-state index in [0.717, 1.165) is 0 Å². The molecule has 0 fully saturated rings. The molecule has 0 bridgehead atoms.